The number of alkyl carbamates (subject to hydrolysis) is 1. The molecule has 1 unspecified atom stereocenters. The standard InChI is InChI=1S/C17H22ClN5O3/c1-16(2,3)26-15(25)21-17(14(20)24,13-7-8-23(4)22-13)11-9-10(18)5-6-12(11)19/h5-9H,19H2,1-4H3,(H2,20,24)(H,21,25). The van der Waals surface area contributed by atoms with Gasteiger partial charge < -0.3 is 16.2 Å². The van der Waals surface area contributed by atoms with Gasteiger partial charge in [-0.25, -0.2) is 4.79 Å². The fraction of sp³-hybridized carbons (Fsp3) is 0.353. The Labute approximate surface area is 156 Å². The van der Waals surface area contributed by atoms with E-state index >= 15 is 0 Å². The summed E-state index contributed by atoms with van der Waals surface area (Å²) in [5.41, 5.74) is 9.77. The van der Waals surface area contributed by atoms with Crippen molar-refractivity contribution in [1.82, 2.24) is 15.1 Å². The summed E-state index contributed by atoms with van der Waals surface area (Å²) in [6.07, 6.45) is 0.770. The number of rotatable bonds is 4. The number of aromatic nitrogens is 2. The lowest BCUT2D eigenvalue weighted by Gasteiger charge is -2.32. The van der Waals surface area contributed by atoms with Gasteiger partial charge in [-0.05, 0) is 45.0 Å². The van der Waals surface area contributed by atoms with Crippen molar-refractivity contribution in [3.63, 3.8) is 0 Å². The molecule has 9 heteroatoms. The highest BCUT2D eigenvalue weighted by Gasteiger charge is 2.46. The second-order valence-corrected chi connectivity index (χ2v) is 7.28. The molecule has 0 aliphatic rings. The third-order valence-corrected chi connectivity index (χ3v) is 3.81. The normalized spacial score (nSPS) is 13.7. The first-order valence-corrected chi connectivity index (χ1v) is 8.20. The number of nitrogen functional groups attached to an aromatic ring is 1. The number of aryl methyl sites for hydroxylation is 1. The van der Waals surface area contributed by atoms with E-state index in [1.165, 1.54) is 16.8 Å². The van der Waals surface area contributed by atoms with E-state index in [1.54, 1.807) is 46.1 Å². The van der Waals surface area contributed by atoms with Crippen LogP contribution in [0.2, 0.25) is 5.02 Å². The summed E-state index contributed by atoms with van der Waals surface area (Å²) >= 11 is 6.09. The van der Waals surface area contributed by atoms with E-state index in [0.717, 1.165) is 0 Å². The van der Waals surface area contributed by atoms with Crippen LogP contribution in [-0.2, 0) is 22.1 Å². The summed E-state index contributed by atoms with van der Waals surface area (Å²) in [5.74, 6) is -0.879. The zero-order valence-electron chi connectivity index (χ0n) is 15.0. The average molecular weight is 380 g/mol. The molecule has 0 aliphatic carbocycles. The molecule has 0 bridgehead atoms. The highest BCUT2D eigenvalue weighted by atomic mass is 35.5. The SMILES string of the molecule is Cn1ccc(C(NC(=O)OC(C)(C)C)(C(N)=O)c2cc(Cl)ccc2N)n1. The van der Waals surface area contributed by atoms with Crippen molar-refractivity contribution in [3.05, 3.63) is 46.7 Å². The van der Waals surface area contributed by atoms with E-state index in [9.17, 15) is 9.59 Å². The Kier molecular flexibility index (Phi) is 5.18. The number of ether oxygens (including phenoxy) is 1. The Morgan fingerprint density at radius 2 is 1.92 bits per heavy atom. The Morgan fingerprint density at radius 1 is 1.27 bits per heavy atom. The van der Waals surface area contributed by atoms with Gasteiger partial charge in [-0.1, -0.05) is 11.6 Å². The van der Waals surface area contributed by atoms with Crippen LogP contribution in [0.1, 0.15) is 32.0 Å². The van der Waals surface area contributed by atoms with Gasteiger partial charge in [0, 0.05) is 29.5 Å². The van der Waals surface area contributed by atoms with E-state index in [1.807, 2.05) is 0 Å². The number of nitrogens with two attached hydrogens (primary N) is 2. The highest BCUT2D eigenvalue weighted by molar-refractivity contribution is 6.30. The predicted octanol–water partition coefficient (Wildman–Crippen LogP) is 1.91. The molecule has 2 aromatic rings. The minimum Gasteiger partial charge on any atom is -0.444 e. The predicted molar refractivity (Wildman–Crippen MR) is 98.4 cm³/mol. The second-order valence-electron chi connectivity index (χ2n) is 6.85. The Hall–Kier alpha value is -2.74. The van der Waals surface area contributed by atoms with Crippen LogP contribution in [0.4, 0.5) is 10.5 Å². The van der Waals surface area contributed by atoms with Crippen LogP contribution < -0.4 is 16.8 Å². The monoisotopic (exact) mass is 379 g/mol. The van der Waals surface area contributed by atoms with E-state index in [-0.39, 0.29) is 16.9 Å². The molecule has 1 aromatic carbocycles. The molecule has 26 heavy (non-hydrogen) atoms. The first-order valence-electron chi connectivity index (χ1n) is 7.82. The van der Waals surface area contributed by atoms with Crippen LogP contribution in [0.15, 0.2) is 30.5 Å². The minimum absolute atomic E-state index is 0.187. The second kappa shape index (κ2) is 6.87. The van der Waals surface area contributed by atoms with Crippen molar-refractivity contribution in [2.24, 2.45) is 12.8 Å². The molecule has 0 radical (unpaired) electrons. The van der Waals surface area contributed by atoms with E-state index in [2.05, 4.69) is 10.4 Å². The van der Waals surface area contributed by atoms with Crippen molar-refractivity contribution < 1.29 is 14.3 Å². The summed E-state index contributed by atoms with van der Waals surface area (Å²) in [7, 11) is 1.67. The number of hydrogen-bond acceptors (Lipinski definition) is 5. The van der Waals surface area contributed by atoms with E-state index < -0.39 is 23.1 Å². The van der Waals surface area contributed by atoms with E-state index in [4.69, 9.17) is 27.8 Å². The van der Waals surface area contributed by atoms with Crippen LogP contribution in [-0.4, -0.2) is 27.4 Å². The van der Waals surface area contributed by atoms with Gasteiger partial charge in [-0.2, -0.15) is 5.10 Å². The molecule has 1 heterocycles. The summed E-state index contributed by atoms with van der Waals surface area (Å²) in [6.45, 7) is 5.10. The number of primary amides is 1. The summed E-state index contributed by atoms with van der Waals surface area (Å²) in [6, 6.07) is 6.11. The summed E-state index contributed by atoms with van der Waals surface area (Å²) in [5, 5.41) is 7.12. The topological polar surface area (TPSA) is 125 Å². The average Bonchev–Trinajstić information content (AvgIpc) is 2.92. The molecule has 2 amide bonds. The molecule has 0 saturated heterocycles. The van der Waals surface area contributed by atoms with Crippen molar-refractivity contribution in [3.8, 4) is 0 Å². The van der Waals surface area contributed by atoms with Gasteiger partial charge in [0.2, 0.25) is 0 Å². The molecule has 0 spiro atoms. The third kappa shape index (κ3) is 3.91. The number of carbonyl (C=O) groups excluding carboxylic acids is 2. The first-order chi connectivity index (χ1) is 12.0. The zero-order chi connectivity index (χ0) is 19.7. The van der Waals surface area contributed by atoms with Gasteiger partial charge in [0.05, 0.1) is 0 Å². The van der Waals surface area contributed by atoms with Gasteiger partial charge >= 0.3 is 6.09 Å². The maximum absolute atomic E-state index is 12.6. The largest absolute Gasteiger partial charge is 0.444 e. The fourth-order valence-electron chi connectivity index (χ4n) is 2.51. The lowest BCUT2D eigenvalue weighted by Crippen LogP contribution is -2.57. The van der Waals surface area contributed by atoms with Gasteiger partial charge in [0.1, 0.15) is 11.3 Å². The number of halogens is 1. The summed E-state index contributed by atoms with van der Waals surface area (Å²) < 4.78 is 6.77. The van der Waals surface area contributed by atoms with Crippen molar-refractivity contribution >= 4 is 29.3 Å². The number of anilines is 1. The lowest BCUT2D eigenvalue weighted by molar-refractivity contribution is -0.123. The Morgan fingerprint density at radius 3 is 2.42 bits per heavy atom. The number of hydrogen-bond donors (Lipinski definition) is 3. The number of benzene rings is 1. The first kappa shape index (κ1) is 19.6. The Bertz CT molecular complexity index is 843. The van der Waals surface area contributed by atoms with Crippen LogP contribution in [0.3, 0.4) is 0 Å². The van der Waals surface area contributed by atoms with Crippen molar-refractivity contribution in [2.75, 3.05) is 5.73 Å². The molecule has 0 fully saturated rings. The molecule has 0 aliphatic heterocycles. The van der Waals surface area contributed by atoms with Gasteiger partial charge in [-0.3, -0.25) is 14.8 Å². The smallest absolute Gasteiger partial charge is 0.409 e. The number of amides is 2. The lowest BCUT2D eigenvalue weighted by atomic mass is 9.84. The van der Waals surface area contributed by atoms with Crippen molar-refractivity contribution in [2.45, 2.75) is 31.9 Å². The van der Waals surface area contributed by atoms with Crippen LogP contribution in [0, 0.1) is 0 Å². The van der Waals surface area contributed by atoms with Gasteiger partial charge in [0.25, 0.3) is 5.91 Å². The summed E-state index contributed by atoms with van der Waals surface area (Å²) in [4.78, 5) is 25.1. The van der Waals surface area contributed by atoms with Gasteiger partial charge in [-0.15, -0.1) is 0 Å². The molecule has 140 valence electrons. The van der Waals surface area contributed by atoms with Crippen LogP contribution in [0.25, 0.3) is 0 Å². The number of nitrogens with zero attached hydrogens (tertiary/aromatic N) is 2. The molecular formula is C17H22ClN5O3. The highest BCUT2D eigenvalue weighted by Crippen LogP contribution is 2.34. The Balaban J connectivity index is 2.68. The molecule has 2 rings (SSSR count). The van der Waals surface area contributed by atoms with Crippen LogP contribution >= 0.6 is 11.6 Å². The van der Waals surface area contributed by atoms with E-state index in [0.29, 0.717) is 5.02 Å². The molecule has 5 N–H and O–H groups in total. The minimum atomic E-state index is -1.85. The maximum Gasteiger partial charge on any atom is 0.409 e. The zero-order valence-corrected chi connectivity index (χ0v) is 15.8. The fourth-order valence-corrected chi connectivity index (χ4v) is 2.69. The van der Waals surface area contributed by atoms with Gasteiger partial charge in [0.15, 0.2) is 5.54 Å². The quantitative estimate of drug-likeness (QED) is 0.699. The molecule has 1 aromatic heterocycles. The number of nitrogens with one attached hydrogen (secondary N) is 1. The van der Waals surface area contributed by atoms with Crippen molar-refractivity contribution in [1.29, 1.82) is 0 Å². The molecule has 1 atom stereocenters. The third-order valence-electron chi connectivity index (χ3n) is 3.58. The molecule has 8 nitrogen and oxygen atoms in total. The number of carbonyl (C=O) groups is 2. The molecule has 0 saturated carbocycles. The van der Waals surface area contributed by atoms with Crippen LogP contribution in [0.5, 0.6) is 0 Å². The maximum atomic E-state index is 12.6. The molecular weight excluding hydrogens is 358 g/mol.